The molecule has 2 N–H and O–H groups in total. The molecule has 0 bridgehead atoms. The zero-order chi connectivity index (χ0) is 14.8. The van der Waals surface area contributed by atoms with Crippen molar-refractivity contribution >= 4 is 0 Å². The highest BCUT2D eigenvalue weighted by atomic mass is 16.5. The molecule has 4 atom stereocenters. The second-order valence-corrected chi connectivity index (χ2v) is 6.72. The van der Waals surface area contributed by atoms with E-state index in [-0.39, 0.29) is 6.04 Å². The molecular formula is C18H28N2O. The van der Waals surface area contributed by atoms with Crippen molar-refractivity contribution in [1.82, 2.24) is 4.90 Å². The highest BCUT2D eigenvalue weighted by Gasteiger charge is 2.39. The van der Waals surface area contributed by atoms with E-state index in [1.165, 1.54) is 44.2 Å². The second-order valence-electron chi connectivity index (χ2n) is 6.72. The molecule has 1 heterocycles. The molecule has 116 valence electrons. The summed E-state index contributed by atoms with van der Waals surface area (Å²) >= 11 is 0. The van der Waals surface area contributed by atoms with Crippen LogP contribution in [0.1, 0.15) is 50.6 Å². The number of nitrogens with zero attached hydrogens (tertiary/aromatic N) is 1. The van der Waals surface area contributed by atoms with Gasteiger partial charge in [-0.3, -0.25) is 4.90 Å². The molecule has 4 unspecified atom stereocenters. The lowest BCUT2D eigenvalue weighted by Crippen LogP contribution is -2.49. The molecule has 2 fully saturated rings. The highest BCUT2D eigenvalue weighted by Crippen LogP contribution is 2.41. The van der Waals surface area contributed by atoms with Gasteiger partial charge in [-0.2, -0.15) is 0 Å². The van der Waals surface area contributed by atoms with Gasteiger partial charge in [-0.05, 0) is 62.8 Å². The zero-order valence-corrected chi connectivity index (χ0v) is 13.3. The van der Waals surface area contributed by atoms with Gasteiger partial charge in [0.2, 0.25) is 0 Å². The first-order valence-electron chi connectivity index (χ1n) is 8.36. The maximum atomic E-state index is 6.39. The first kappa shape index (κ1) is 14.9. The number of piperidine rings is 1. The monoisotopic (exact) mass is 288 g/mol. The van der Waals surface area contributed by atoms with Crippen molar-refractivity contribution in [2.75, 3.05) is 13.7 Å². The third-order valence-corrected chi connectivity index (χ3v) is 5.33. The molecule has 0 radical (unpaired) electrons. The number of likely N-dealkylation sites (tertiary alicyclic amines) is 1. The fourth-order valence-corrected chi connectivity index (χ4v) is 4.46. The summed E-state index contributed by atoms with van der Waals surface area (Å²) in [5.41, 5.74) is 7.69. The molecule has 1 aliphatic carbocycles. The molecule has 1 aliphatic heterocycles. The minimum Gasteiger partial charge on any atom is -0.497 e. The molecule has 3 rings (SSSR count). The van der Waals surface area contributed by atoms with Gasteiger partial charge in [-0.15, -0.1) is 0 Å². The molecule has 1 saturated carbocycles. The van der Waals surface area contributed by atoms with Gasteiger partial charge in [0.1, 0.15) is 5.75 Å². The van der Waals surface area contributed by atoms with Crippen LogP contribution in [0.15, 0.2) is 24.3 Å². The van der Waals surface area contributed by atoms with E-state index in [2.05, 4.69) is 30.0 Å². The molecule has 1 aromatic rings. The van der Waals surface area contributed by atoms with Crippen molar-refractivity contribution in [3.63, 3.8) is 0 Å². The third-order valence-electron chi connectivity index (χ3n) is 5.33. The van der Waals surface area contributed by atoms with Crippen LogP contribution < -0.4 is 10.5 Å². The van der Waals surface area contributed by atoms with Crippen LogP contribution in [0, 0.1) is 5.92 Å². The van der Waals surface area contributed by atoms with Gasteiger partial charge < -0.3 is 10.5 Å². The summed E-state index contributed by atoms with van der Waals surface area (Å²) in [6.07, 6.45) is 6.86. The highest BCUT2D eigenvalue weighted by molar-refractivity contribution is 5.31. The zero-order valence-electron chi connectivity index (χ0n) is 13.3. The van der Waals surface area contributed by atoms with E-state index < -0.39 is 0 Å². The Morgan fingerprint density at radius 2 is 2.05 bits per heavy atom. The van der Waals surface area contributed by atoms with Crippen LogP contribution in [0.3, 0.4) is 0 Å². The van der Waals surface area contributed by atoms with Crippen molar-refractivity contribution in [2.24, 2.45) is 11.7 Å². The largest absolute Gasteiger partial charge is 0.497 e. The van der Waals surface area contributed by atoms with Gasteiger partial charge in [0.25, 0.3) is 0 Å². The molecule has 0 amide bonds. The maximum Gasteiger partial charge on any atom is 0.119 e. The van der Waals surface area contributed by atoms with Gasteiger partial charge in [-0.1, -0.05) is 18.6 Å². The molecule has 3 heteroatoms. The van der Waals surface area contributed by atoms with Gasteiger partial charge in [0.05, 0.1) is 13.2 Å². The van der Waals surface area contributed by atoms with Crippen LogP contribution in [-0.4, -0.2) is 30.6 Å². The predicted molar refractivity (Wildman–Crippen MR) is 86.5 cm³/mol. The number of hydrogen-bond acceptors (Lipinski definition) is 3. The van der Waals surface area contributed by atoms with Crippen molar-refractivity contribution < 1.29 is 4.74 Å². The molecule has 1 saturated heterocycles. The smallest absolute Gasteiger partial charge is 0.119 e. The number of methoxy groups -OCH3 is 1. The summed E-state index contributed by atoms with van der Waals surface area (Å²) in [6, 6.07) is 9.64. The van der Waals surface area contributed by atoms with Crippen molar-refractivity contribution in [3.8, 4) is 5.75 Å². The summed E-state index contributed by atoms with van der Waals surface area (Å²) < 4.78 is 5.40. The van der Waals surface area contributed by atoms with Crippen LogP contribution in [0.2, 0.25) is 0 Å². The molecule has 0 aromatic heterocycles. The topological polar surface area (TPSA) is 38.5 Å². The average molecular weight is 288 g/mol. The van der Waals surface area contributed by atoms with Crippen LogP contribution in [0.5, 0.6) is 5.75 Å². The number of rotatable bonds is 4. The fourth-order valence-electron chi connectivity index (χ4n) is 4.46. The number of ether oxygens (including phenoxy) is 1. The number of nitrogens with two attached hydrogens (primary N) is 1. The SMILES string of the molecule is COc1cccc(C(C(C)N)N2CCCC3CCCC32)c1. The fraction of sp³-hybridized carbons (Fsp3) is 0.667. The predicted octanol–water partition coefficient (Wildman–Crippen LogP) is 3.35. The van der Waals surface area contributed by atoms with E-state index in [0.717, 1.165) is 17.7 Å². The summed E-state index contributed by atoms with van der Waals surface area (Å²) in [7, 11) is 1.73. The Kier molecular flexibility index (Phi) is 4.51. The van der Waals surface area contributed by atoms with Gasteiger partial charge in [0.15, 0.2) is 0 Å². The lowest BCUT2D eigenvalue weighted by molar-refractivity contribution is 0.0570. The Balaban J connectivity index is 1.89. The molecule has 1 aromatic carbocycles. The van der Waals surface area contributed by atoms with Gasteiger partial charge in [0, 0.05) is 12.1 Å². The lowest BCUT2D eigenvalue weighted by Gasteiger charge is -2.44. The Hall–Kier alpha value is -1.06. The first-order chi connectivity index (χ1) is 10.2. The number of fused-ring (bicyclic) bond motifs is 1. The molecule has 3 nitrogen and oxygen atoms in total. The van der Waals surface area contributed by atoms with Crippen LogP contribution in [0.4, 0.5) is 0 Å². The third kappa shape index (κ3) is 2.95. The standard InChI is InChI=1S/C18H28N2O/c1-13(19)18(15-7-3-9-16(12-15)21-2)20-11-5-8-14-6-4-10-17(14)20/h3,7,9,12-14,17-18H,4-6,8,10-11,19H2,1-2H3. The normalized spacial score (nSPS) is 28.9. The van der Waals surface area contributed by atoms with Crippen molar-refractivity contribution in [3.05, 3.63) is 29.8 Å². The van der Waals surface area contributed by atoms with Crippen LogP contribution >= 0.6 is 0 Å². The van der Waals surface area contributed by atoms with Crippen LogP contribution in [0.25, 0.3) is 0 Å². The van der Waals surface area contributed by atoms with E-state index in [9.17, 15) is 0 Å². The van der Waals surface area contributed by atoms with E-state index in [1.54, 1.807) is 7.11 Å². The Bertz CT molecular complexity index is 474. The van der Waals surface area contributed by atoms with Gasteiger partial charge in [-0.25, -0.2) is 0 Å². The van der Waals surface area contributed by atoms with E-state index >= 15 is 0 Å². The van der Waals surface area contributed by atoms with E-state index in [4.69, 9.17) is 10.5 Å². The maximum absolute atomic E-state index is 6.39. The Labute approximate surface area is 128 Å². The number of hydrogen-bond donors (Lipinski definition) is 1. The lowest BCUT2D eigenvalue weighted by atomic mass is 9.87. The van der Waals surface area contributed by atoms with E-state index in [0.29, 0.717) is 6.04 Å². The Morgan fingerprint density at radius 3 is 2.81 bits per heavy atom. The first-order valence-corrected chi connectivity index (χ1v) is 8.36. The summed E-state index contributed by atoms with van der Waals surface area (Å²) in [5.74, 6) is 1.82. The average Bonchev–Trinajstić information content (AvgIpc) is 2.97. The molecular weight excluding hydrogens is 260 g/mol. The minimum absolute atomic E-state index is 0.136. The summed E-state index contributed by atoms with van der Waals surface area (Å²) in [6.45, 7) is 3.33. The van der Waals surface area contributed by atoms with Crippen molar-refractivity contribution in [2.45, 2.75) is 57.2 Å². The summed E-state index contributed by atoms with van der Waals surface area (Å²) in [5, 5.41) is 0. The number of benzene rings is 1. The van der Waals surface area contributed by atoms with E-state index in [1.807, 2.05) is 6.07 Å². The summed E-state index contributed by atoms with van der Waals surface area (Å²) in [4.78, 5) is 2.70. The molecule has 0 spiro atoms. The molecule has 2 aliphatic rings. The van der Waals surface area contributed by atoms with Gasteiger partial charge >= 0.3 is 0 Å². The van der Waals surface area contributed by atoms with Crippen LogP contribution in [-0.2, 0) is 0 Å². The minimum atomic E-state index is 0.136. The Morgan fingerprint density at radius 1 is 1.24 bits per heavy atom. The second kappa shape index (κ2) is 6.37. The van der Waals surface area contributed by atoms with Crippen molar-refractivity contribution in [1.29, 1.82) is 0 Å². The molecule has 21 heavy (non-hydrogen) atoms. The quantitative estimate of drug-likeness (QED) is 0.923.